The molecule has 16 rings (SSSR count). The van der Waals surface area contributed by atoms with Gasteiger partial charge in [-0.1, -0.05) is 194 Å². The summed E-state index contributed by atoms with van der Waals surface area (Å²) in [4.78, 5) is 7.04. The summed E-state index contributed by atoms with van der Waals surface area (Å²) in [6.45, 7) is 0. The lowest BCUT2D eigenvalue weighted by atomic mass is 9.96. The molecule has 0 bridgehead atoms. The molecule has 0 saturated carbocycles. The van der Waals surface area contributed by atoms with Crippen molar-refractivity contribution in [2.45, 2.75) is 0 Å². The Morgan fingerprint density at radius 1 is 0.224 bits per heavy atom. The summed E-state index contributed by atoms with van der Waals surface area (Å²) in [6.07, 6.45) is 0. The zero-order valence-corrected chi connectivity index (χ0v) is 47.1. The Balaban J connectivity index is 0.856. The maximum absolute atomic E-state index is 7.52. The summed E-state index contributed by atoms with van der Waals surface area (Å²) in [5.41, 5.74) is 17.7. The largest absolute Gasteiger partial charge is 0.452 e. The van der Waals surface area contributed by atoms with E-state index in [0.29, 0.717) is 0 Å². The van der Waals surface area contributed by atoms with Gasteiger partial charge < -0.3 is 19.1 Å². The van der Waals surface area contributed by atoms with Crippen LogP contribution < -0.4 is 14.7 Å². The van der Waals surface area contributed by atoms with Crippen molar-refractivity contribution >= 4 is 126 Å². The predicted molar refractivity (Wildman–Crippen MR) is 362 cm³/mol. The van der Waals surface area contributed by atoms with Crippen molar-refractivity contribution in [3.05, 3.63) is 322 Å². The van der Waals surface area contributed by atoms with Gasteiger partial charge in [-0.05, 0) is 182 Å². The molecule has 0 spiro atoms. The van der Waals surface area contributed by atoms with Crippen LogP contribution in [0.15, 0.2) is 326 Å². The van der Waals surface area contributed by atoms with Crippen LogP contribution in [0.2, 0.25) is 0 Å². The molecule has 4 nitrogen and oxygen atoms in total. The van der Waals surface area contributed by atoms with Crippen LogP contribution in [-0.4, -0.2) is 0 Å². The molecule has 0 unspecified atom stereocenters. The summed E-state index contributed by atoms with van der Waals surface area (Å²) in [5.74, 6) is 0. The number of fused-ring (bicyclic) bond motifs is 8. The Hall–Kier alpha value is -11.0. The molecule has 16 aromatic rings. The van der Waals surface area contributed by atoms with Gasteiger partial charge in [-0.3, -0.25) is 0 Å². The van der Waals surface area contributed by atoms with Crippen molar-refractivity contribution in [3.8, 4) is 33.4 Å². The van der Waals surface area contributed by atoms with Crippen LogP contribution in [0.1, 0.15) is 0 Å². The van der Waals surface area contributed by atoms with Crippen molar-refractivity contribution in [2.75, 3.05) is 14.7 Å². The number of para-hydroxylation sites is 5. The van der Waals surface area contributed by atoms with Gasteiger partial charge in [0.1, 0.15) is 0 Å². The van der Waals surface area contributed by atoms with Crippen molar-refractivity contribution in [3.63, 3.8) is 0 Å². The average molecular weight is 1100 g/mol. The summed E-state index contributed by atoms with van der Waals surface area (Å²) >= 11 is 1.85. The van der Waals surface area contributed by atoms with E-state index in [0.717, 1.165) is 89.6 Å². The first-order valence-electron chi connectivity index (χ1n) is 28.9. The molecule has 5 heteroatoms. The normalized spacial score (nSPS) is 11.5. The van der Waals surface area contributed by atoms with E-state index in [2.05, 4.69) is 336 Å². The highest BCUT2D eigenvalue weighted by molar-refractivity contribution is 7.25. The van der Waals surface area contributed by atoms with E-state index in [1.807, 2.05) is 11.3 Å². The molecule has 0 aliphatic carbocycles. The van der Waals surface area contributed by atoms with Crippen LogP contribution in [0.4, 0.5) is 51.2 Å². The molecule has 0 radical (unpaired) electrons. The molecule has 2 heterocycles. The fraction of sp³-hybridized carbons (Fsp3) is 0. The van der Waals surface area contributed by atoms with E-state index in [-0.39, 0.29) is 0 Å². The third-order valence-corrected chi connectivity index (χ3v) is 17.7. The summed E-state index contributed by atoms with van der Waals surface area (Å²) in [6, 6.07) is 116. The molecule has 85 heavy (non-hydrogen) atoms. The van der Waals surface area contributed by atoms with Crippen LogP contribution >= 0.6 is 11.3 Å². The van der Waals surface area contributed by atoms with Crippen molar-refractivity contribution in [1.82, 2.24) is 0 Å². The van der Waals surface area contributed by atoms with E-state index >= 15 is 0 Å². The van der Waals surface area contributed by atoms with Gasteiger partial charge >= 0.3 is 0 Å². The topological polar surface area (TPSA) is 22.9 Å². The monoisotopic (exact) mass is 1100 g/mol. The van der Waals surface area contributed by atoms with Gasteiger partial charge in [-0.25, -0.2) is 0 Å². The van der Waals surface area contributed by atoms with E-state index in [1.54, 1.807) is 0 Å². The van der Waals surface area contributed by atoms with Crippen LogP contribution in [-0.2, 0) is 0 Å². The van der Waals surface area contributed by atoms with Crippen LogP contribution in [0.5, 0.6) is 0 Å². The Kier molecular flexibility index (Phi) is 12.4. The van der Waals surface area contributed by atoms with Crippen molar-refractivity contribution in [1.29, 1.82) is 0 Å². The number of hydrogen-bond acceptors (Lipinski definition) is 5. The van der Waals surface area contributed by atoms with Gasteiger partial charge in [-0.2, -0.15) is 0 Å². The number of furan rings is 1. The number of hydrogen-bond donors (Lipinski definition) is 0. The molecule has 0 aliphatic heterocycles. The molecule has 0 N–H and O–H groups in total. The van der Waals surface area contributed by atoms with Gasteiger partial charge in [-0.15, -0.1) is 11.3 Å². The molecular weight excluding hydrogens is 1050 g/mol. The van der Waals surface area contributed by atoms with Gasteiger partial charge in [0.15, 0.2) is 11.2 Å². The highest BCUT2D eigenvalue weighted by Gasteiger charge is 2.26. The molecule has 400 valence electrons. The number of rotatable bonds is 12. The summed E-state index contributed by atoms with van der Waals surface area (Å²) in [5, 5.41) is 9.43. The van der Waals surface area contributed by atoms with Crippen molar-refractivity contribution < 1.29 is 4.42 Å². The van der Waals surface area contributed by atoms with E-state index < -0.39 is 0 Å². The minimum atomic E-state index is 0.790. The first-order valence-corrected chi connectivity index (χ1v) is 29.7. The summed E-state index contributed by atoms with van der Waals surface area (Å²) < 4.78 is 10.1. The Labute approximate surface area is 497 Å². The van der Waals surface area contributed by atoms with Gasteiger partial charge in [0.05, 0.1) is 11.4 Å². The lowest BCUT2D eigenvalue weighted by molar-refractivity contribution is 0.669. The Bertz CT molecular complexity index is 5090. The fourth-order valence-electron chi connectivity index (χ4n) is 12.5. The molecule has 0 amide bonds. The minimum absolute atomic E-state index is 0.790. The van der Waals surface area contributed by atoms with E-state index in [9.17, 15) is 0 Å². The Morgan fingerprint density at radius 3 is 1.46 bits per heavy atom. The third kappa shape index (κ3) is 9.02. The predicted octanol–water partition coefficient (Wildman–Crippen LogP) is 23.7. The molecule has 14 aromatic carbocycles. The fourth-order valence-corrected chi connectivity index (χ4v) is 13.6. The highest BCUT2D eigenvalue weighted by atomic mass is 32.1. The average Bonchev–Trinajstić information content (AvgIpc) is 3.37. The molecule has 0 aliphatic rings. The molecule has 0 atom stereocenters. The molecule has 0 saturated heterocycles. The lowest BCUT2D eigenvalue weighted by Gasteiger charge is -2.27. The van der Waals surface area contributed by atoms with Crippen LogP contribution in [0.3, 0.4) is 0 Å². The smallest absolute Gasteiger partial charge is 0.159 e. The maximum Gasteiger partial charge on any atom is 0.159 e. The zero-order valence-electron chi connectivity index (χ0n) is 46.3. The quantitative estimate of drug-likeness (QED) is 0.122. The van der Waals surface area contributed by atoms with E-state index in [4.69, 9.17) is 4.42 Å². The van der Waals surface area contributed by atoms with Gasteiger partial charge in [0, 0.05) is 70.8 Å². The molecular formula is C80H53N3OS. The molecule has 2 aromatic heterocycles. The third-order valence-electron chi connectivity index (χ3n) is 16.6. The number of anilines is 9. The second kappa shape index (κ2) is 21.1. The van der Waals surface area contributed by atoms with Gasteiger partial charge in [0.2, 0.25) is 0 Å². The standard InChI is InChI=1S/C80H53N3OS/c1-5-23-62(24-6-1)81(66-44-40-54(41-45-66)58-43-47-78-73(51-58)71-33-15-16-37-77(71)85-78)67-31-17-22-57(49-67)61-52-74-72-35-19-36-75(79(72)84-80(74)76(53-61)82(63-25-7-2-8-26-63)64-27-9-3-10-28-64)83(65-29-11-4-12-30-65)68-46-42-55-38-39-59(48-60(55)50-68)70-34-18-21-56-20-13-14-32-69(56)70/h1-53H. The second-order valence-electron chi connectivity index (χ2n) is 21.7. The first-order chi connectivity index (χ1) is 42.1. The van der Waals surface area contributed by atoms with Gasteiger partial charge in [0.25, 0.3) is 0 Å². The SMILES string of the molecule is c1ccc(N(c2ccc(-c3ccc4sc5ccccc5c4c3)cc2)c2cccc(-c3cc(N(c4ccccc4)c4ccccc4)c4oc5c(N(c6ccccc6)c6ccc7ccc(-c8cccc9ccccc89)cc7c6)cccc5c4c3)c2)cc1. The van der Waals surface area contributed by atoms with Crippen LogP contribution in [0, 0.1) is 0 Å². The summed E-state index contributed by atoms with van der Waals surface area (Å²) in [7, 11) is 0. The van der Waals surface area contributed by atoms with Crippen molar-refractivity contribution in [2.24, 2.45) is 0 Å². The number of benzene rings is 14. The number of nitrogens with zero attached hydrogens (tertiary/aromatic N) is 3. The minimum Gasteiger partial charge on any atom is -0.452 e. The highest BCUT2D eigenvalue weighted by Crippen LogP contribution is 2.49. The zero-order chi connectivity index (χ0) is 56.2. The Morgan fingerprint density at radius 2 is 0.718 bits per heavy atom. The second-order valence-corrected chi connectivity index (χ2v) is 22.7. The molecule has 0 fully saturated rings. The number of thiophene rings is 1. The first kappa shape index (κ1) is 49.8. The van der Waals surface area contributed by atoms with E-state index in [1.165, 1.54) is 58.6 Å². The maximum atomic E-state index is 7.52. The van der Waals surface area contributed by atoms with Crippen LogP contribution in [0.25, 0.3) is 97.0 Å². The lowest BCUT2D eigenvalue weighted by Crippen LogP contribution is -2.10.